The van der Waals surface area contributed by atoms with Crippen molar-refractivity contribution >= 4 is 18.5 Å². The largest absolute Gasteiger partial charge is 0.416 e. The van der Waals surface area contributed by atoms with E-state index in [1.807, 2.05) is 36.4 Å². The smallest absolute Gasteiger partial charge is 0.166 e. The topological polar surface area (TPSA) is 0 Å². The maximum Gasteiger partial charge on any atom is 0.416 e. The SMILES string of the molecule is FC(F)(F)c1ccc(CP(c2ccccc2)c2ccccc2)cc1. The first kappa shape index (κ1) is 16.7. The van der Waals surface area contributed by atoms with E-state index in [4.69, 9.17) is 0 Å². The van der Waals surface area contributed by atoms with Gasteiger partial charge in [0, 0.05) is 6.16 Å². The van der Waals surface area contributed by atoms with Gasteiger partial charge in [0.2, 0.25) is 0 Å². The van der Waals surface area contributed by atoms with Crippen LogP contribution in [0.3, 0.4) is 0 Å². The lowest BCUT2D eigenvalue weighted by Crippen LogP contribution is -2.13. The summed E-state index contributed by atoms with van der Waals surface area (Å²) in [4.78, 5) is 0. The number of alkyl halides is 3. The minimum Gasteiger partial charge on any atom is -0.166 e. The molecule has 24 heavy (non-hydrogen) atoms. The summed E-state index contributed by atoms with van der Waals surface area (Å²) >= 11 is 0. The number of hydrogen-bond acceptors (Lipinski definition) is 0. The van der Waals surface area contributed by atoms with E-state index in [1.54, 1.807) is 12.1 Å². The molecular formula is C20H16F3P. The van der Waals surface area contributed by atoms with Crippen LogP contribution < -0.4 is 10.6 Å². The van der Waals surface area contributed by atoms with Gasteiger partial charge in [0.1, 0.15) is 0 Å². The second-order valence-corrected chi connectivity index (χ2v) is 7.66. The van der Waals surface area contributed by atoms with Crippen LogP contribution >= 0.6 is 7.92 Å². The molecule has 0 bridgehead atoms. The Bertz CT molecular complexity index is 726. The van der Waals surface area contributed by atoms with Gasteiger partial charge in [0.25, 0.3) is 0 Å². The van der Waals surface area contributed by atoms with Crippen molar-refractivity contribution < 1.29 is 13.2 Å². The van der Waals surface area contributed by atoms with E-state index >= 15 is 0 Å². The molecule has 0 fully saturated rings. The van der Waals surface area contributed by atoms with Crippen molar-refractivity contribution in [3.8, 4) is 0 Å². The van der Waals surface area contributed by atoms with E-state index in [1.165, 1.54) is 22.7 Å². The van der Waals surface area contributed by atoms with Gasteiger partial charge >= 0.3 is 6.18 Å². The summed E-state index contributed by atoms with van der Waals surface area (Å²) in [6.07, 6.45) is -3.57. The van der Waals surface area contributed by atoms with Gasteiger partial charge < -0.3 is 0 Å². The second-order valence-electron chi connectivity index (χ2n) is 5.45. The van der Waals surface area contributed by atoms with E-state index in [9.17, 15) is 13.2 Å². The number of rotatable bonds is 4. The molecule has 3 aromatic rings. The standard InChI is InChI=1S/C20H16F3P/c21-20(22,23)17-13-11-16(12-14-17)15-24(18-7-3-1-4-8-18)19-9-5-2-6-10-19/h1-14H,15H2. The Labute approximate surface area is 140 Å². The lowest BCUT2D eigenvalue weighted by Gasteiger charge is -2.19. The molecule has 4 heteroatoms. The normalized spacial score (nSPS) is 11.7. The Kier molecular flexibility index (Phi) is 5.01. The molecule has 0 atom stereocenters. The fourth-order valence-corrected chi connectivity index (χ4v) is 4.83. The molecule has 122 valence electrons. The highest BCUT2D eigenvalue weighted by Gasteiger charge is 2.30. The zero-order chi connectivity index (χ0) is 17.0. The molecule has 0 saturated carbocycles. The molecule has 0 amide bonds. The van der Waals surface area contributed by atoms with Crippen LogP contribution in [0.2, 0.25) is 0 Å². The van der Waals surface area contributed by atoms with Crippen LogP contribution in [-0.4, -0.2) is 0 Å². The minimum absolute atomic E-state index is 0.602. The number of halogens is 3. The summed E-state index contributed by atoms with van der Waals surface area (Å²) in [6.45, 7) is 0. The van der Waals surface area contributed by atoms with Gasteiger partial charge in [-0.15, -0.1) is 0 Å². The van der Waals surface area contributed by atoms with Crippen LogP contribution in [0.25, 0.3) is 0 Å². The molecule has 0 unspecified atom stereocenters. The minimum atomic E-state index is -4.29. The Morgan fingerprint density at radius 3 is 1.50 bits per heavy atom. The Hall–Kier alpha value is -2.12. The van der Waals surface area contributed by atoms with E-state index in [0.717, 1.165) is 11.7 Å². The van der Waals surface area contributed by atoms with Crippen LogP contribution in [0, 0.1) is 0 Å². The average Bonchev–Trinajstić information content (AvgIpc) is 2.61. The Morgan fingerprint density at radius 1 is 0.625 bits per heavy atom. The van der Waals surface area contributed by atoms with E-state index in [0.29, 0.717) is 0 Å². The molecular weight excluding hydrogens is 328 g/mol. The third kappa shape index (κ3) is 4.04. The summed E-state index contributed by atoms with van der Waals surface area (Å²) in [7, 11) is -0.646. The maximum atomic E-state index is 12.7. The first-order valence-electron chi connectivity index (χ1n) is 7.58. The maximum absolute atomic E-state index is 12.7. The van der Waals surface area contributed by atoms with Crippen LogP contribution in [0.5, 0.6) is 0 Å². The quantitative estimate of drug-likeness (QED) is 0.561. The third-order valence-electron chi connectivity index (χ3n) is 3.76. The van der Waals surface area contributed by atoms with Gasteiger partial charge in [-0.2, -0.15) is 13.2 Å². The first-order chi connectivity index (χ1) is 11.5. The van der Waals surface area contributed by atoms with Gasteiger partial charge in [0.15, 0.2) is 0 Å². The molecule has 0 N–H and O–H groups in total. The molecule has 3 rings (SSSR count). The highest BCUT2D eigenvalue weighted by molar-refractivity contribution is 7.72. The summed E-state index contributed by atoms with van der Waals surface area (Å²) in [6, 6.07) is 25.8. The van der Waals surface area contributed by atoms with Crippen molar-refractivity contribution in [1.29, 1.82) is 0 Å². The summed E-state index contributed by atoms with van der Waals surface area (Å²) in [5, 5.41) is 2.44. The van der Waals surface area contributed by atoms with Crippen molar-refractivity contribution in [2.45, 2.75) is 12.3 Å². The molecule has 0 aromatic heterocycles. The molecule has 0 radical (unpaired) electrons. The van der Waals surface area contributed by atoms with Crippen molar-refractivity contribution in [2.75, 3.05) is 0 Å². The molecule has 0 spiro atoms. The third-order valence-corrected chi connectivity index (χ3v) is 6.28. The van der Waals surface area contributed by atoms with Crippen LogP contribution in [-0.2, 0) is 12.3 Å². The zero-order valence-electron chi connectivity index (χ0n) is 12.9. The molecule has 0 saturated heterocycles. The van der Waals surface area contributed by atoms with Crippen molar-refractivity contribution in [2.24, 2.45) is 0 Å². The molecule has 0 nitrogen and oxygen atoms in total. The van der Waals surface area contributed by atoms with Gasteiger partial charge in [-0.3, -0.25) is 0 Å². The van der Waals surface area contributed by atoms with E-state index < -0.39 is 19.7 Å². The fourth-order valence-electron chi connectivity index (χ4n) is 2.53. The monoisotopic (exact) mass is 344 g/mol. The predicted octanol–water partition coefficient (Wildman–Crippen LogP) is 5.34. The van der Waals surface area contributed by atoms with Gasteiger partial charge in [0.05, 0.1) is 5.56 Å². The molecule has 0 aliphatic heterocycles. The van der Waals surface area contributed by atoms with Crippen molar-refractivity contribution in [1.82, 2.24) is 0 Å². The van der Waals surface area contributed by atoms with Crippen molar-refractivity contribution in [3.05, 3.63) is 96.1 Å². The summed E-state index contributed by atoms with van der Waals surface area (Å²) in [5.41, 5.74) is 0.316. The van der Waals surface area contributed by atoms with Gasteiger partial charge in [-0.1, -0.05) is 72.8 Å². The fraction of sp³-hybridized carbons (Fsp3) is 0.100. The van der Waals surface area contributed by atoms with Gasteiger partial charge in [-0.05, 0) is 36.2 Å². The molecule has 0 heterocycles. The lowest BCUT2D eigenvalue weighted by molar-refractivity contribution is -0.137. The van der Waals surface area contributed by atoms with Gasteiger partial charge in [-0.25, -0.2) is 0 Å². The molecule has 0 aliphatic carbocycles. The average molecular weight is 344 g/mol. The van der Waals surface area contributed by atoms with Crippen LogP contribution in [0.15, 0.2) is 84.9 Å². The number of hydrogen-bond donors (Lipinski definition) is 0. The second kappa shape index (κ2) is 7.19. The highest BCUT2D eigenvalue weighted by atomic mass is 31.1. The first-order valence-corrected chi connectivity index (χ1v) is 9.10. The van der Waals surface area contributed by atoms with Crippen LogP contribution in [0.1, 0.15) is 11.1 Å². The van der Waals surface area contributed by atoms with E-state index in [2.05, 4.69) is 24.3 Å². The lowest BCUT2D eigenvalue weighted by atomic mass is 10.1. The zero-order valence-corrected chi connectivity index (χ0v) is 13.8. The number of benzene rings is 3. The van der Waals surface area contributed by atoms with Crippen LogP contribution in [0.4, 0.5) is 13.2 Å². The predicted molar refractivity (Wildman–Crippen MR) is 94.2 cm³/mol. The van der Waals surface area contributed by atoms with Crippen molar-refractivity contribution in [3.63, 3.8) is 0 Å². The van der Waals surface area contributed by atoms with E-state index in [-0.39, 0.29) is 0 Å². The highest BCUT2D eigenvalue weighted by Crippen LogP contribution is 2.38. The molecule has 3 aromatic carbocycles. The summed E-state index contributed by atoms with van der Waals surface area (Å²) in [5.74, 6) is 0. The molecule has 0 aliphatic rings. The Morgan fingerprint density at radius 2 is 1.08 bits per heavy atom. The summed E-state index contributed by atoms with van der Waals surface area (Å²) < 4.78 is 38.1. The Balaban J connectivity index is 1.90.